The van der Waals surface area contributed by atoms with Gasteiger partial charge in [-0.2, -0.15) is 0 Å². The number of nitrogens with zero attached hydrogens (tertiary/aromatic N) is 3. The van der Waals surface area contributed by atoms with Gasteiger partial charge in [-0.05, 0) is 38.9 Å². The number of aromatic nitrogens is 2. The zero-order valence-corrected chi connectivity index (χ0v) is 10.5. The Kier molecular flexibility index (Phi) is 5.09. The molecule has 0 N–H and O–H groups in total. The van der Waals surface area contributed by atoms with Crippen LogP contribution in [0.4, 0.5) is 0 Å². The highest BCUT2D eigenvalue weighted by molar-refractivity contribution is 7.99. The van der Waals surface area contributed by atoms with Gasteiger partial charge in [0.05, 0.1) is 6.20 Å². The van der Waals surface area contributed by atoms with Crippen LogP contribution in [0, 0.1) is 0 Å². The number of hydrogen-bond donors (Lipinski definition) is 0. The van der Waals surface area contributed by atoms with Crippen LogP contribution in [-0.2, 0) is 0 Å². The van der Waals surface area contributed by atoms with Crippen LogP contribution in [0.2, 0.25) is 0 Å². The van der Waals surface area contributed by atoms with Gasteiger partial charge in [0.1, 0.15) is 5.03 Å². The Labute approximate surface area is 102 Å². The second kappa shape index (κ2) is 6.86. The summed E-state index contributed by atoms with van der Waals surface area (Å²) in [6, 6.07) is 0. The minimum Gasteiger partial charge on any atom is -0.303 e. The fourth-order valence-corrected chi connectivity index (χ4v) is 2.76. The first-order valence-corrected chi connectivity index (χ1v) is 7.05. The predicted octanol–water partition coefficient (Wildman–Crippen LogP) is 2.44. The molecule has 0 aliphatic carbocycles. The maximum Gasteiger partial charge on any atom is 0.114 e. The van der Waals surface area contributed by atoms with Gasteiger partial charge >= 0.3 is 0 Å². The molecule has 16 heavy (non-hydrogen) atoms. The molecule has 0 bridgehead atoms. The van der Waals surface area contributed by atoms with Gasteiger partial charge in [-0.3, -0.25) is 4.98 Å². The summed E-state index contributed by atoms with van der Waals surface area (Å²) in [4.78, 5) is 10.9. The molecule has 0 amide bonds. The number of hydrogen-bond acceptors (Lipinski definition) is 4. The third-order valence-electron chi connectivity index (χ3n) is 2.86. The zero-order valence-electron chi connectivity index (χ0n) is 9.64. The SMILES string of the molecule is c1cnc(SCCCN2CCCCC2)cn1. The normalized spacial score (nSPS) is 17.5. The summed E-state index contributed by atoms with van der Waals surface area (Å²) in [6.07, 6.45) is 10.8. The standard InChI is InChI=1S/C12H19N3S/c1-2-7-15(8-3-1)9-4-10-16-12-11-13-5-6-14-12/h5-6,11H,1-4,7-10H2. The Hall–Kier alpha value is -0.610. The number of piperidine rings is 1. The van der Waals surface area contributed by atoms with E-state index in [4.69, 9.17) is 0 Å². The van der Waals surface area contributed by atoms with E-state index in [1.807, 2.05) is 18.0 Å². The first-order chi connectivity index (χ1) is 7.95. The molecule has 0 saturated carbocycles. The number of rotatable bonds is 5. The molecule has 3 nitrogen and oxygen atoms in total. The van der Waals surface area contributed by atoms with Crippen LogP contribution in [0.25, 0.3) is 0 Å². The van der Waals surface area contributed by atoms with E-state index in [9.17, 15) is 0 Å². The Morgan fingerprint density at radius 1 is 1.19 bits per heavy atom. The minimum absolute atomic E-state index is 1.04. The van der Waals surface area contributed by atoms with Crippen LogP contribution >= 0.6 is 11.8 Å². The summed E-state index contributed by atoms with van der Waals surface area (Å²) in [5, 5.41) is 1.04. The van der Waals surface area contributed by atoms with Crippen LogP contribution in [-0.4, -0.2) is 40.3 Å². The van der Waals surface area contributed by atoms with Crippen LogP contribution in [0.15, 0.2) is 23.6 Å². The van der Waals surface area contributed by atoms with E-state index in [-0.39, 0.29) is 0 Å². The Morgan fingerprint density at radius 3 is 2.81 bits per heavy atom. The quantitative estimate of drug-likeness (QED) is 0.581. The van der Waals surface area contributed by atoms with Crippen molar-refractivity contribution in [2.24, 2.45) is 0 Å². The molecule has 1 fully saturated rings. The van der Waals surface area contributed by atoms with E-state index in [1.165, 1.54) is 45.3 Å². The van der Waals surface area contributed by atoms with Crippen LogP contribution in [0.1, 0.15) is 25.7 Å². The van der Waals surface area contributed by atoms with Crippen molar-refractivity contribution >= 4 is 11.8 Å². The topological polar surface area (TPSA) is 29.0 Å². The first kappa shape index (κ1) is 11.9. The average molecular weight is 237 g/mol. The lowest BCUT2D eigenvalue weighted by Crippen LogP contribution is -2.30. The minimum atomic E-state index is 1.04. The second-order valence-electron chi connectivity index (χ2n) is 4.15. The molecule has 0 unspecified atom stereocenters. The molecular weight excluding hydrogens is 218 g/mol. The van der Waals surface area contributed by atoms with E-state index in [2.05, 4.69) is 14.9 Å². The number of likely N-dealkylation sites (tertiary alicyclic amines) is 1. The van der Waals surface area contributed by atoms with Gasteiger partial charge in [0.2, 0.25) is 0 Å². The van der Waals surface area contributed by atoms with Crippen molar-refractivity contribution < 1.29 is 0 Å². The van der Waals surface area contributed by atoms with Gasteiger partial charge in [-0.25, -0.2) is 4.98 Å². The molecule has 0 atom stereocenters. The highest BCUT2D eigenvalue weighted by atomic mass is 32.2. The second-order valence-corrected chi connectivity index (χ2v) is 5.26. The van der Waals surface area contributed by atoms with Crippen molar-refractivity contribution in [3.8, 4) is 0 Å². The van der Waals surface area contributed by atoms with Crippen molar-refractivity contribution in [3.05, 3.63) is 18.6 Å². The largest absolute Gasteiger partial charge is 0.303 e. The third kappa shape index (κ3) is 4.10. The van der Waals surface area contributed by atoms with Gasteiger partial charge in [-0.1, -0.05) is 6.42 Å². The molecule has 0 radical (unpaired) electrons. The Bertz CT molecular complexity index is 286. The maximum absolute atomic E-state index is 4.25. The molecule has 0 aromatic carbocycles. The molecule has 4 heteroatoms. The lowest BCUT2D eigenvalue weighted by molar-refractivity contribution is 0.230. The Morgan fingerprint density at radius 2 is 2.06 bits per heavy atom. The van der Waals surface area contributed by atoms with E-state index < -0.39 is 0 Å². The summed E-state index contributed by atoms with van der Waals surface area (Å²) >= 11 is 1.81. The fraction of sp³-hybridized carbons (Fsp3) is 0.667. The molecule has 1 aromatic heterocycles. The van der Waals surface area contributed by atoms with E-state index >= 15 is 0 Å². The monoisotopic (exact) mass is 237 g/mol. The summed E-state index contributed by atoms with van der Waals surface area (Å²) < 4.78 is 0. The number of thioether (sulfide) groups is 1. The predicted molar refractivity (Wildman–Crippen MR) is 67.7 cm³/mol. The van der Waals surface area contributed by atoms with Crippen molar-refractivity contribution in [2.45, 2.75) is 30.7 Å². The van der Waals surface area contributed by atoms with Gasteiger partial charge in [0, 0.05) is 18.1 Å². The summed E-state index contributed by atoms with van der Waals surface area (Å²) in [7, 11) is 0. The van der Waals surface area contributed by atoms with Crippen molar-refractivity contribution in [2.75, 3.05) is 25.4 Å². The van der Waals surface area contributed by atoms with E-state index in [0.717, 1.165) is 10.8 Å². The molecular formula is C12H19N3S. The van der Waals surface area contributed by atoms with Gasteiger partial charge in [0.25, 0.3) is 0 Å². The van der Waals surface area contributed by atoms with Gasteiger partial charge < -0.3 is 4.90 Å². The van der Waals surface area contributed by atoms with Crippen LogP contribution in [0.3, 0.4) is 0 Å². The summed E-state index contributed by atoms with van der Waals surface area (Å²) in [5.41, 5.74) is 0. The van der Waals surface area contributed by atoms with Crippen LogP contribution < -0.4 is 0 Å². The van der Waals surface area contributed by atoms with E-state index in [0.29, 0.717) is 0 Å². The molecule has 88 valence electrons. The molecule has 2 rings (SSSR count). The molecule has 1 aromatic rings. The van der Waals surface area contributed by atoms with Gasteiger partial charge in [0.15, 0.2) is 0 Å². The molecule has 1 saturated heterocycles. The van der Waals surface area contributed by atoms with Crippen LogP contribution in [0.5, 0.6) is 0 Å². The lowest BCUT2D eigenvalue weighted by atomic mass is 10.1. The molecule has 1 aliphatic heterocycles. The summed E-state index contributed by atoms with van der Waals surface area (Å²) in [5.74, 6) is 1.15. The van der Waals surface area contributed by atoms with Crippen molar-refractivity contribution in [1.82, 2.24) is 14.9 Å². The summed E-state index contributed by atoms with van der Waals surface area (Å²) in [6.45, 7) is 3.85. The zero-order chi connectivity index (χ0) is 11.1. The fourth-order valence-electron chi connectivity index (χ4n) is 2.01. The average Bonchev–Trinajstić information content (AvgIpc) is 2.37. The molecule has 0 spiro atoms. The van der Waals surface area contributed by atoms with Crippen molar-refractivity contribution in [3.63, 3.8) is 0 Å². The maximum atomic E-state index is 4.25. The Balaban J connectivity index is 1.58. The van der Waals surface area contributed by atoms with E-state index in [1.54, 1.807) is 12.4 Å². The lowest BCUT2D eigenvalue weighted by Gasteiger charge is -2.26. The van der Waals surface area contributed by atoms with Gasteiger partial charge in [-0.15, -0.1) is 11.8 Å². The smallest absolute Gasteiger partial charge is 0.114 e. The first-order valence-electron chi connectivity index (χ1n) is 6.06. The highest BCUT2D eigenvalue weighted by Crippen LogP contribution is 2.15. The van der Waals surface area contributed by atoms with Crippen molar-refractivity contribution in [1.29, 1.82) is 0 Å². The molecule has 2 heterocycles. The molecule has 1 aliphatic rings. The highest BCUT2D eigenvalue weighted by Gasteiger charge is 2.08. The third-order valence-corrected chi connectivity index (χ3v) is 3.86.